The van der Waals surface area contributed by atoms with Crippen molar-refractivity contribution in [3.05, 3.63) is 40.7 Å². The van der Waals surface area contributed by atoms with Crippen molar-refractivity contribution in [3.63, 3.8) is 0 Å². The number of nitro groups is 1. The van der Waals surface area contributed by atoms with Gasteiger partial charge < -0.3 is 15.4 Å². The quantitative estimate of drug-likeness (QED) is 0.510. The van der Waals surface area contributed by atoms with Gasteiger partial charge in [0.25, 0.3) is 0 Å². The van der Waals surface area contributed by atoms with Crippen molar-refractivity contribution in [1.29, 1.82) is 0 Å². The second-order valence-corrected chi connectivity index (χ2v) is 5.98. The van der Waals surface area contributed by atoms with E-state index in [4.69, 9.17) is 0 Å². The third-order valence-electron chi connectivity index (χ3n) is 3.37. The molecule has 1 heterocycles. The van der Waals surface area contributed by atoms with E-state index in [9.17, 15) is 23.3 Å². The zero-order valence-electron chi connectivity index (χ0n) is 14.6. The van der Waals surface area contributed by atoms with Gasteiger partial charge in [-0.25, -0.2) is 9.97 Å². The lowest BCUT2D eigenvalue weighted by Gasteiger charge is -2.12. The van der Waals surface area contributed by atoms with Gasteiger partial charge in [-0.1, -0.05) is 13.8 Å². The van der Waals surface area contributed by atoms with Crippen LogP contribution in [0.25, 0.3) is 0 Å². The molecule has 0 fully saturated rings. The van der Waals surface area contributed by atoms with E-state index in [-0.39, 0.29) is 17.3 Å². The van der Waals surface area contributed by atoms with Crippen LogP contribution in [0.4, 0.5) is 36.2 Å². The molecule has 0 amide bonds. The highest BCUT2D eigenvalue weighted by atomic mass is 19.4. The maximum atomic E-state index is 12.2. The number of nitrogens with zero attached hydrogens (tertiary/aromatic N) is 3. The van der Waals surface area contributed by atoms with Crippen LogP contribution in [0.2, 0.25) is 0 Å². The van der Waals surface area contributed by atoms with Crippen LogP contribution in [-0.4, -0.2) is 27.8 Å². The van der Waals surface area contributed by atoms with Gasteiger partial charge in [0.05, 0.1) is 4.92 Å². The molecule has 0 bridgehead atoms. The molecular weight excluding hydrogens is 367 g/mol. The predicted octanol–water partition coefficient (Wildman–Crippen LogP) is 4.49. The fraction of sp³-hybridized carbons (Fsp3) is 0.375. The Balaban J connectivity index is 2.19. The van der Waals surface area contributed by atoms with Crippen LogP contribution in [0.1, 0.15) is 20.3 Å². The van der Waals surface area contributed by atoms with Crippen LogP contribution in [-0.2, 0) is 0 Å². The Hall–Kier alpha value is -3.11. The average Bonchev–Trinajstić information content (AvgIpc) is 2.55. The van der Waals surface area contributed by atoms with Crippen LogP contribution < -0.4 is 15.4 Å². The molecule has 2 N–H and O–H groups in total. The number of rotatable bonds is 8. The van der Waals surface area contributed by atoms with E-state index in [1.807, 2.05) is 13.8 Å². The molecule has 0 aliphatic rings. The van der Waals surface area contributed by atoms with Crippen molar-refractivity contribution >= 4 is 23.0 Å². The molecule has 1 aromatic heterocycles. The first kappa shape index (κ1) is 20.2. The van der Waals surface area contributed by atoms with Crippen molar-refractivity contribution in [2.45, 2.75) is 26.6 Å². The molecule has 11 heteroatoms. The van der Waals surface area contributed by atoms with Gasteiger partial charge in [-0.15, -0.1) is 13.2 Å². The summed E-state index contributed by atoms with van der Waals surface area (Å²) < 4.78 is 40.3. The van der Waals surface area contributed by atoms with Crippen LogP contribution in [0.15, 0.2) is 30.6 Å². The molecule has 146 valence electrons. The number of nitrogens with one attached hydrogen (secondary N) is 2. The van der Waals surface area contributed by atoms with Gasteiger partial charge in [0.15, 0.2) is 0 Å². The zero-order valence-corrected chi connectivity index (χ0v) is 14.6. The lowest BCUT2D eigenvalue weighted by atomic mass is 10.1. The van der Waals surface area contributed by atoms with E-state index in [0.717, 1.165) is 24.9 Å². The molecule has 0 saturated heterocycles. The number of halogens is 3. The summed E-state index contributed by atoms with van der Waals surface area (Å²) in [4.78, 5) is 18.6. The summed E-state index contributed by atoms with van der Waals surface area (Å²) in [6, 6.07) is 4.76. The van der Waals surface area contributed by atoms with E-state index in [1.54, 1.807) is 0 Å². The molecule has 1 aromatic carbocycles. The number of aromatic nitrogens is 2. The average molecular weight is 385 g/mol. The normalized spacial score (nSPS) is 11.3. The third-order valence-corrected chi connectivity index (χ3v) is 3.37. The molecule has 2 aromatic rings. The zero-order chi connectivity index (χ0) is 20.0. The number of ether oxygens (including phenoxy) is 1. The Labute approximate surface area is 152 Å². The maximum absolute atomic E-state index is 12.2. The van der Waals surface area contributed by atoms with Crippen molar-refractivity contribution in [1.82, 2.24) is 9.97 Å². The minimum Gasteiger partial charge on any atom is -0.406 e. The summed E-state index contributed by atoms with van der Waals surface area (Å²) in [7, 11) is 0. The molecule has 0 aliphatic carbocycles. The SMILES string of the molecule is CC(C)CCNc1ncnc(Nc2ccc(OC(F)(F)F)cc2)c1[N+](=O)[O-]. The van der Waals surface area contributed by atoms with Gasteiger partial charge in [0.1, 0.15) is 12.1 Å². The Morgan fingerprint density at radius 2 is 1.81 bits per heavy atom. The predicted molar refractivity (Wildman–Crippen MR) is 93.0 cm³/mol. The second-order valence-electron chi connectivity index (χ2n) is 5.98. The molecule has 0 spiro atoms. The molecule has 27 heavy (non-hydrogen) atoms. The molecular formula is C16H18F3N5O3. The van der Waals surface area contributed by atoms with Crippen molar-refractivity contribution in [2.24, 2.45) is 5.92 Å². The molecule has 0 atom stereocenters. The topological polar surface area (TPSA) is 102 Å². The van der Waals surface area contributed by atoms with E-state index >= 15 is 0 Å². The lowest BCUT2D eigenvalue weighted by Crippen LogP contribution is -2.17. The van der Waals surface area contributed by atoms with E-state index in [0.29, 0.717) is 18.2 Å². The fourth-order valence-electron chi connectivity index (χ4n) is 2.13. The highest BCUT2D eigenvalue weighted by molar-refractivity contribution is 5.73. The minimum absolute atomic E-state index is 0.0650. The summed E-state index contributed by atoms with van der Waals surface area (Å²) in [6.45, 7) is 4.54. The molecule has 8 nitrogen and oxygen atoms in total. The van der Waals surface area contributed by atoms with Gasteiger partial charge in [-0.3, -0.25) is 10.1 Å². The van der Waals surface area contributed by atoms with Crippen molar-refractivity contribution in [2.75, 3.05) is 17.2 Å². The standard InChI is InChI=1S/C16H18F3N5O3/c1-10(2)7-8-20-14-13(24(25)26)15(22-9-21-14)23-11-3-5-12(6-4-11)27-16(17,18)19/h3-6,9-10H,7-8H2,1-2H3,(H2,20,21,22,23). The van der Waals surface area contributed by atoms with Crippen LogP contribution in [0.3, 0.4) is 0 Å². The number of hydrogen-bond acceptors (Lipinski definition) is 7. The second kappa shape index (κ2) is 8.52. The van der Waals surface area contributed by atoms with Gasteiger partial charge >= 0.3 is 12.0 Å². The van der Waals surface area contributed by atoms with Gasteiger partial charge in [-0.05, 0) is 36.6 Å². The summed E-state index contributed by atoms with van der Waals surface area (Å²) in [5.41, 5.74) is -0.0451. The van der Waals surface area contributed by atoms with Crippen molar-refractivity contribution < 1.29 is 22.8 Å². The lowest BCUT2D eigenvalue weighted by molar-refractivity contribution is -0.383. The van der Waals surface area contributed by atoms with E-state index < -0.39 is 17.0 Å². The Morgan fingerprint density at radius 1 is 1.19 bits per heavy atom. The summed E-state index contributed by atoms with van der Waals surface area (Å²) >= 11 is 0. The van der Waals surface area contributed by atoms with Gasteiger partial charge in [0.2, 0.25) is 11.6 Å². The van der Waals surface area contributed by atoms with E-state index in [1.165, 1.54) is 12.1 Å². The Morgan fingerprint density at radius 3 is 2.37 bits per heavy atom. The Bertz CT molecular complexity index is 782. The van der Waals surface area contributed by atoms with Crippen LogP contribution in [0, 0.1) is 16.0 Å². The van der Waals surface area contributed by atoms with Crippen LogP contribution in [0.5, 0.6) is 5.75 Å². The van der Waals surface area contributed by atoms with Crippen molar-refractivity contribution in [3.8, 4) is 5.75 Å². The number of hydrogen-bond donors (Lipinski definition) is 2. The minimum atomic E-state index is -4.79. The third kappa shape index (κ3) is 6.28. The first-order valence-electron chi connectivity index (χ1n) is 8.02. The highest BCUT2D eigenvalue weighted by Crippen LogP contribution is 2.32. The van der Waals surface area contributed by atoms with Crippen LogP contribution >= 0.6 is 0 Å². The molecule has 2 rings (SSSR count). The summed E-state index contributed by atoms with van der Waals surface area (Å²) in [5, 5.41) is 17.1. The fourth-order valence-corrected chi connectivity index (χ4v) is 2.13. The molecule has 0 aliphatic heterocycles. The van der Waals surface area contributed by atoms with Gasteiger partial charge in [0, 0.05) is 12.2 Å². The first-order chi connectivity index (χ1) is 12.7. The van der Waals surface area contributed by atoms with Gasteiger partial charge in [-0.2, -0.15) is 0 Å². The first-order valence-corrected chi connectivity index (χ1v) is 8.02. The molecule has 0 unspecified atom stereocenters. The largest absolute Gasteiger partial charge is 0.573 e. The monoisotopic (exact) mass is 385 g/mol. The number of alkyl halides is 3. The smallest absolute Gasteiger partial charge is 0.406 e. The van der Waals surface area contributed by atoms with E-state index in [2.05, 4.69) is 25.3 Å². The number of anilines is 3. The molecule has 0 saturated carbocycles. The number of benzene rings is 1. The highest BCUT2D eigenvalue weighted by Gasteiger charge is 2.31. The Kier molecular flexibility index (Phi) is 6.37. The maximum Gasteiger partial charge on any atom is 0.573 e. The molecule has 0 radical (unpaired) electrons. The summed E-state index contributed by atoms with van der Waals surface area (Å²) in [5.74, 6) is -0.00332. The summed E-state index contributed by atoms with van der Waals surface area (Å²) in [6.07, 6.45) is -2.84.